The molecule has 74 valence electrons. The van der Waals surface area contributed by atoms with Crippen LogP contribution in [0.2, 0.25) is 0 Å². The van der Waals surface area contributed by atoms with Crippen molar-refractivity contribution in [1.82, 2.24) is 5.32 Å². The van der Waals surface area contributed by atoms with E-state index in [1.165, 1.54) is 6.42 Å². The van der Waals surface area contributed by atoms with Gasteiger partial charge in [0.2, 0.25) is 0 Å². The molecule has 0 aliphatic heterocycles. The van der Waals surface area contributed by atoms with Crippen molar-refractivity contribution in [2.75, 3.05) is 13.1 Å². The molecule has 0 aromatic carbocycles. The van der Waals surface area contributed by atoms with Crippen LogP contribution in [0.5, 0.6) is 0 Å². The third kappa shape index (κ3) is 4.13. The highest BCUT2D eigenvalue weighted by molar-refractivity contribution is 4.98. The molecule has 2 heteroatoms. The summed E-state index contributed by atoms with van der Waals surface area (Å²) in [6.07, 6.45) is 3.97. The van der Waals surface area contributed by atoms with E-state index in [0.717, 1.165) is 25.3 Å². The molecular weight excluding hydrogens is 162 g/mol. The van der Waals surface area contributed by atoms with Gasteiger partial charge in [0.25, 0.3) is 0 Å². The Balaban J connectivity index is 2.14. The predicted molar refractivity (Wildman–Crippen MR) is 54.7 cm³/mol. The summed E-state index contributed by atoms with van der Waals surface area (Å²) in [5, 5.41) is 3.41. The maximum atomic E-state index is 5.28. The molecule has 1 heterocycles. The van der Waals surface area contributed by atoms with Crippen LogP contribution in [0.3, 0.4) is 0 Å². The molecule has 1 unspecified atom stereocenters. The first kappa shape index (κ1) is 10.3. The minimum atomic E-state index is 0.651. The molecule has 1 atom stereocenters. The van der Waals surface area contributed by atoms with E-state index in [-0.39, 0.29) is 0 Å². The van der Waals surface area contributed by atoms with Gasteiger partial charge in [0, 0.05) is 6.42 Å². The van der Waals surface area contributed by atoms with Crippen LogP contribution in [0, 0.1) is 5.92 Å². The van der Waals surface area contributed by atoms with Crippen LogP contribution in [0.1, 0.15) is 26.0 Å². The summed E-state index contributed by atoms with van der Waals surface area (Å²) < 4.78 is 5.28. The first-order valence-electron chi connectivity index (χ1n) is 5.06. The number of hydrogen-bond donors (Lipinski definition) is 1. The zero-order valence-electron chi connectivity index (χ0n) is 8.55. The van der Waals surface area contributed by atoms with Gasteiger partial charge in [-0.2, -0.15) is 0 Å². The third-order valence-electron chi connectivity index (χ3n) is 2.05. The molecule has 0 aliphatic rings. The minimum Gasteiger partial charge on any atom is -0.469 e. The standard InChI is InChI=1S/C11H19NO/c1-3-6-12-9-10(2)8-11-5-4-7-13-11/h4-5,7,10,12H,3,6,8-9H2,1-2H3. The summed E-state index contributed by atoms with van der Waals surface area (Å²) >= 11 is 0. The maximum absolute atomic E-state index is 5.28. The van der Waals surface area contributed by atoms with Crippen LogP contribution >= 0.6 is 0 Å². The number of hydrogen-bond acceptors (Lipinski definition) is 2. The summed E-state index contributed by atoms with van der Waals surface area (Å²) in [6.45, 7) is 6.62. The van der Waals surface area contributed by atoms with Gasteiger partial charge in [-0.25, -0.2) is 0 Å². The molecule has 1 aromatic heterocycles. The lowest BCUT2D eigenvalue weighted by Crippen LogP contribution is -2.22. The molecule has 0 aliphatic carbocycles. The van der Waals surface area contributed by atoms with Crippen LogP contribution in [-0.2, 0) is 6.42 Å². The van der Waals surface area contributed by atoms with Crippen molar-refractivity contribution in [1.29, 1.82) is 0 Å². The Hall–Kier alpha value is -0.760. The smallest absolute Gasteiger partial charge is 0.104 e. The number of nitrogens with one attached hydrogen (secondary N) is 1. The molecule has 1 N–H and O–H groups in total. The highest BCUT2D eigenvalue weighted by Gasteiger charge is 2.04. The Kier molecular flexibility index (Phi) is 4.61. The second-order valence-corrected chi connectivity index (χ2v) is 3.59. The lowest BCUT2D eigenvalue weighted by atomic mass is 10.1. The molecule has 2 nitrogen and oxygen atoms in total. The van der Waals surface area contributed by atoms with Gasteiger partial charge in [-0.15, -0.1) is 0 Å². The van der Waals surface area contributed by atoms with Gasteiger partial charge in [0.1, 0.15) is 5.76 Å². The molecule has 0 spiro atoms. The largest absolute Gasteiger partial charge is 0.469 e. The fraction of sp³-hybridized carbons (Fsp3) is 0.636. The Morgan fingerprint density at radius 2 is 2.38 bits per heavy atom. The Labute approximate surface area is 80.3 Å². The third-order valence-corrected chi connectivity index (χ3v) is 2.05. The molecule has 0 saturated carbocycles. The van der Waals surface area contributed by atoms with E-state index >= 15 is 0 Å². The van der Waals surface area contributed by atoms with Crippen LogP contribution in [0.25, 0.3) is 0 Å². The number of rotatable bonds is 6. The van der Waals surface area contributed by atoms with Gasteiger partial charge in [-0.1, -0.05) is 13.8 Å². The summed E-state index contributed by atoms with van der Waals surface area (Å²) in [5.74, 6) is 1.74. The van der Waals surface area contributed by atoms with Crippen LogP contribution in [0.4, 0.5) is 0 Å². The fourth-order valence-electron chi connectivity index (χ4n) is 1.37. The molecule has 0 amide bonds. The zero-order chi connectivity index (χ0) is 9.52. The molecular formula is C11H19NO. The lowest BCUT2D eigenvalue weighted by Gasteiger charge is -2.09. The van der Waals surface area contributed by atoms with Gasteiger partial charge in [-0.05, 0) is 37.6 Å². The summed E-state index contributed by atoms with van der Waals surface area (Å²) in [4.78, 5) is 0. The van der Waals surface area contributed by atoms with E-state index in [4.69, 9.17) is 4.42 Å². The van der Waals surface area contributed by atoms with E-state index in [1.54, 1.807) is 6.26 Å². The zero-order valence-corrected chi connectivity index (χ0v) is 8.55. The first-order valence-corrected chi connectivity index (χ1v) is 5.06. The van der Waals surface area contributed by atoms with Gasteiger partial charge < -0.3 is 9.73 Å². The van der Waals surface area contributed by atoms with E-state index in [9.17, 15) is 0 Å². The first-order chi connectivity index (χ1) is 6.33. The van der Waals surface area contributed by atoms with E-state index in [1.807, 2.05) is 12.1 Å². The monoisotopic (exact) mass is 181 g/mol. The molecule has 13 heavy (non-hydrogen) atoms. The number of furan rings is 1. The van der Waals surface area contributed by atoms with Crippen molar-refractivity contribution in [3.05, 3.63) is 24.2 Å². The molecule has 1 aromatic rings. The van der Waals surface area contributed by atoms with Crippen molar-refractivity contribution < 1.29 is 4.42 Å². The van der Waals surface area contributed by atoms with Crippen molar-refractivity contribution >= 4 is 0 Å². The highest BCUT2D eigenvalue weighted by Crippen LogP contribution is 2.07. The van der Waals surface area contributed by atoms with Crippen LogP contribution in [-0.4, -0.2) is 13.1 Å². The molecule has 0 saturated heterocycles. The van der Waals surface area contributed by atoms with Crippen molar-refractivity contribution in [2.24, 2.45) is 5.92 Å². The van der Waals surface area contributed by atoms with Crippen molar-refractivity contribution in [3.8, 4) is 0 Å². The molecule has 0 radical (unpaired) electrons. The van der Waals surface area contributed by atoms with E-state index < -0.39 is 0 Å². The molecule has 1 rings (SSSR count). The average Bonchev–Trinajstić information content (AvgIpc) is 2.57. The second kappa shape index (κ2) is 5.81. The highest BCUT2D eigenvalue weighted by atomic mass is 16.3. The summed E-state index contributed by atoms with van der Waals surface area (Å²) in [6, 6.07) is 3.98. The van der Waals surface area contributed by atoms with Gasteiger partial charge in [-0.3, -0.25) is 0 Å². The van der Waals surface area contributed by atoms with E-state index in [0.29, 0.717) is 5.92 Å². The molecule has 0 bridgehead atoms. The van der Waals surface area contributed by atoms with Crippen LogP contribution in [0.15, 0.2) is 22.8 Å². The van der Waals surface area contributed by atoms with Crippen molar-refractivity contribution in [3.63, 3.8) is 0 Å². The maximum Gasteiger partial charge on any atom is 0.104 e. The summed E-state index contributed by atoms with van der Waals surface area (Å²) in [5.41, 5.74) is 0. The normalized spacial score (nSPS) is 13.1. The Morgan fingerprint density at radius 3 is 3.00 bits per heavy atom. The van der Waals surface area contributed by atoms with Gasteiger partial charge in [0.15, 0.2) is 0 Å². The van der Waals surface area contributed by atoms with E-state index in [2.05, 4.69) is 19.2 Å². The Bertz CT molecular complexity index is 206. The minimum absolute atomic E-state index is 0.651. The average molecular weight is 181 g/mol. The molecule has 0 fully saturated rings. The fourth-order valence-corrected chi connectivity index (χ4v) is 1.37. The summed E-state index contributed by atoms with van der Waals surface area (Å²) in [7, 11) is 0. The quantitative estimate of drug-likeness (QED) is 0.682. The Morgan fingerprint density at radius 1 is 1.54 bits per heavy atom. The van der Waals surface area contributed by atoms with Crippen LogP contribution < -0.4 is 5.32 Å². The lowest BCUT2D eigenvalue weighted by molar-refractivity contribution is 0.438. The SMILES string of the molecule is CCCNCC(C)Cc1ccco1. The van der Waals surface area contributed by atoms with Gasteiger partial charge in [0.05, 0.1) is 6.26 Å². The van der Waals surface area contributed by atoms with Crippen molar-refractivity contribution in [2.45, 2.75) is 26.7 Å². The van der Waals surface area contributed by atoms with Gasteiger partial charge >= 0.3 is 0 Å². The topological polar surface area (TPSA) is 25.2 Å². The second-order valence-electron chi connectivity index (χ2n) is 3.59. The predicted octanol–water partition coefficient (Wildman–Crippen LogP) is 2.46.